The van der Waals surface area contributed by atoms with Gasteiger partial charge in [0.05, 0.1) is 11.3 Å². The maximum atomic E-state index is 13.0. The number of carboxylic acid groups (broad SMARTS) is 1. The third-order valence-corrected chi connectivity index (χ3v) is 3.89. The summed E-state index contributed by atoms with van der Waals surface area (Å²) in [7, 11) is 0. The fraction of sp³-hybridized carbons (Fsp3) is 0.500. The van der Waals surface area contributed by atoms with Gasteiger partial charge in [0.1, 0.15) is 0 Å². The molecule has 6 heteroatoms. The molecule has 0 radical (unpaired) electrons. The SMILES string of the molecule is C[C@@]1(C(=O)O)CN(Cc2ccccc2)C[C@@H]1C(F)(F)F. The fourth-order valence-corrected chi connectivity index (χ4v) is 2.74. The number of aliphatic carboxylic acids is 1. The van der Waals surface area contributed by atoms with Gasteiger partial charge in [0.25, 0.3) is 0 Å². The largest absolute Gasteiger partial charge is 0.481 e. The predicted octanol–water partition coefficient (Wildman–Crippen LogP) is 2.77. The maximum Gasteiger partial charge on any atom is 0.394 e. The van der Waals surface area contributed by atoms with Gasteiger partial charge < -0.3 is 5.11 Å². The monoisotopic (exact) mass is 287 g/mol. The number of carbonyl (C=O) groups is 1. The molecule has 2 rings (SSSR count). The molecule has 1 saturated heterocycles. The highest BCUT2D eigenvalue weighted by Crippen LogP contribution is 2.45. The number of hydrogen-bond donors (Lipinski definition) is 1. The van der Waals surface area contributed by atoms with E-state index in [1.165, 1.54) is 6.92 Å². The van der Waals surface area contributed by atoms with Gasteiger partial charge in [-0.25, -0.2) is 0 Å². The normalized spacial score (nSPS) is 27.7. The Morgan fingerprint density at radius 3 is 2.45 bits per heavy atom. The van der Waals surface area contributed by atoms with E-state index in [9.17, 15) is 18.0 Å². The summed E-state index contributed by atoms with van der Waals surface area (Å²) in [5.74, 6) is -3.23. The van der Waals surface area contributed by atoms with Crippen molar-refractivity contribution in [3.8, 4) is 0 Å². The molecule has 0 spiro atoms. The van der Waals surface area contributed by atoms with Crippen molar-refractivity contribution in [2.75, 3.05) is 13.1 Å². The molecule has 0 bridgehead atoms. The number of nitrogens with zero attached hydrogens (tertiary/aromatic N) is 1. The number of benzene rings is 1. The first kappa shape index (κ1) is 14.8. The van der Waals surface area contributed by atoms with Crippen molar-refractivity contribution in [2.45, 2.75) is 19.6 Å². The van der Waals surface area contributed by atoms with Crippen LogP contribution in [0.4, 0.5) is 13.2 Å². The van der Waals surface area contributed by atoms with Gasteiger partial charge in [-0.2, -0.15) is 13.2 Å². The lowest BCUT2D eigenvalue weighted by molar-refractivity contribution is -0.202. The molecule has 1 aromatic carbocycles. The van der Waals surface area contributed by atoms with E-state index in [-0.39, 0.29) is 13.1 Å². The van der Waals surface area contributed by atoms with Gasteiger partial charge >= 0.3 is 12.1 Å². The fourth-order valence-electron chi connectivity index (χ4n) is 2.74. The predicted molar refractivity (Wildman–Crippen MR) is 67.0 cm³/mol. The Labute approximate surface area is 115 Å². The quantitative estimate of drug-likeness (QED) is 0.929. The molecule has 1 aromatic rings. The smallest absolute Gasteiger partial charge is 0.394 e. The minimum absolute atomic E-state index is 0.0958. The zero-order chi connectivity index (χ0) is 15.0. The lowest BCUT2D eigenvalue weighted by Crippen LogP contribution is -2.42. The van der Waals surface area contributed by atoms with E-state index in [2.05, 4.69) is 0 Å². The van der Waals surface area contributed by atoms with Gasteiger partial charge in [-0.3, -0.25) is 9.69 Å². The molecule has 0 saturated carbocycles. The van der Waals surface area contributed by atoms with Crippen molar-refractivity contribution < 1.29 is 23.1 Å². The average molecular weight is 287 g/mol. The van der Waals surface area contributed by atoms with Gasteiger partial charge in [-0.1, -0.05) is 30.3 Å². The molecule has 3 nitrogen and oxygen atoms in total. The number of halogens is 3. The van der Waals surface area contributed by atoms with Crippen molar-refractivity contribution in [3.63, 3.8) is 0 Å². The number of rotatable bonds is 3. The van der Waals surface area contributed by atoms with Gasteiger partial charge in [0.15, 0.2) is 0 Å². The lowest BCUT2D eigenvalue weighted by Gasteiger charge is -2.27. The van der Waals surface area contributed by atoms with E-state index < -0.39 is 23.5 Å². The number of hydrogen-bond acceptors (Lipinski definition) is 2. The Kier molecular flexibility index (Phi) is 3.77. The summed E-state index contributed by atoms with van der Waals surface area (Å²) >= 11 is 0. The van der Waals surface area contributed by atoms with Crippen LogP contribution in [0.2, 0.25) is 0 Å². The Bertz CT molecular complexity index is 489. The molecule has 0 unspecified atom stereocenters. The van der Waals surface area contributed by atoms with Crippen molar-refractivity contribution in [1.82, 2.24) is 4.90 Å². The third kappa shape index (κ3) is 2.80. The van der Waals surface area contributed by atoms with Crippen LogP contribution >= 0.6 is 0 Å². The van der Waals surface area contributed by atoms with Crippen molar-refractivity contribution >= 4 is 5.97 Å². The van der Waals surface area contributed by atoms with Crippen LogP contribution in [0.5, 0.6) is 0 Å². The van der Waals surface area contributed by atoms with E-state index in [4.69, 9.17) is 5.11 Å². The van der Waals surface area contributed by atoms with Crippen LogP contribution < -0.4 is 0 Å². The summed E-state index contributed by atoms with van der Waals surface area (Å²) in [5.41, 5.74) is -0.907. The molecule has 110 valence electrons. The Balaban J connectivity index is 2.18. The second-order valence-corrected chi connectivity index (χ2v) is 5.47. The first-order chi connectivity index (χ1) is 9.23. The molecule has 1 N–H and O–H groups in total. The van der Waals surface area contributed by atoms with E-state index in [1.807, 2.05) is 30.3 Å². The standard InChI is InChI=1S/C14H16F3NO2/c1-13(12(19)20)9-18(8-11(13)14(15,16)17)7-10-5-3-2-4-6-10/h2-6,11H,7-9H2,1H3,(H,19,20)/t11-,13+/m0/s1. The molecule has 0 amide bonds. The molecule has 1 aliphatic heterocycles. The summed E-state index contributed by atoms with van der Waals surface area (Å²) in [6.07, 6.45) is -4.50. The topological polar surface area (TPSA) is 40.5 Å². The number of likely N-dealkylation sites (tertiary alicyclic amines) is 1. The molecular weight excluding hydrogens is 271 g/mol. The Morgan fingerprint density at radius 2 is 2.00 bits per heavy atom. The molecule has 1 aliphatic rings. The van der Waals surface area contributed by atoms with Gasteiger partial charge in [-0.15, -0.1) is 0 Å². The minimum atomic E-state index is -4.50. The van der Waals surface area contributed by atoms with Gasteiger partial charge in [0.2, 0.25) is 0 Å². The Hall–Kier alpha value is -1.56. The zero-order valence-electron chi connectivity index (χ0n) is 11.0. The third-order valence-electron chi connectivity index (χ3n) is 3.89. The van der Waals surface area contributed by atoms with Crippen molar-refractivity contribution in [2.24, 2.45) is 11.3 Å². The highest BCUT2D eigenvalue weighted by molar-refractivity contribution is 5.75. The molecular formula is C14H16F3NO2. The number of alkyl halides is 3. The zero-order valence-corrected chi connectivity index (χ0v) is 11.0. The summed E-state index contributed by atoms with van der Waals surface area (Å²) < 4.78 is 39.1. The van der Waals surface area contributed by atoms with Crippen molar-refractivity contribution in [3.05, 3.63) is 35.9 Å². The summed E-state index contributed by atoms with van der Waals surface area (Å²) in [5, 5.41) is 9.16. The Morgan fingerprint density at radius 1 is 1.40 bits per heavy atom. The average Bonchev–Trinajstić information content (AvgIpc) is 2.69. The van der Waals surface area contributed by atoms with Crippen LogP contribution in [-0.2, 0) is 11.3 Å². The lowest BCUT2D eigenvalue weighted by atomic mass is 9.79. The molecule has 20 heavy (non-hydrogen) atoms. The molecule has 0 aromatic heterocycles. The van der Waals surface area contributed by atoms with Crippen LogP contribution in [0.3, 0.4) is 0 Å². The second-order valence-electron chi connectivity index (χ2n) is 5.47. The van der Waals surface area contributed by atoms with Crippen LogP contribution in [0.15, 0.2) is 30.3 Å². The highest BCUT2D eigenvalue weighted by Gasteiger charge is 2.59. The highest BCUT2D eigenvalue weighted by atomic mass is 19.4. The first-order valence-electron chi connectivity index (χ1n) is 6.30. The first-order valence-corrected chi connectivity index (χ1v) is 6.30. The van der Waals surface area contributed by atoms with Crippen LogP contribution in [0.1, 0.15) is 12.5 Å². The van der Waals surface area contributed by atoms with E-state index >= 15 is 0 Å². The maximum absolute atomic E-state index is 13.0. The molecule has 2 atom stereocenters. The molecule has 0 aliphatic carbocycles. The van der Waals surface area contributed by atoms with Gasteiger partial charge in [-0.05, 0) is 12.5 Å². The van der Waals surface area contributed by atoms with E-state index in [0.29, 0.717) is 6.54 Å². The van der Waals surface area contributed by atoms with Gasteiger partial charge in [0, 0.05) is 19.6 Å². The van der Waals surface area contributed by atoms with E-state index in [0.717, 1.165) is 5.56 Å². The minimum Gasteiger partial charge on any atom is -0.481 e. The van der Waals surface area contributed by atoms with Crippen LogP contribution in [0, 0.1) is 11.3 Å². The number of carboxylic acids is 1. The van der Waals surface area contributed by atoms with E-state index in [1.54, 1.807) is 4.90 Å². The van der Waals surface area contributed by atoms with Crippen LogP contribution in [0.25, 0.3) is 0 Å². The molecule has 1 fully saturated rings. The van der Waals surface area contributed by atoms with Crippen LogP contribution in [-0.4, -0.2) is 35.2 Å². The van der Waals surface area contributed by atoms with Crippen molar-refractivity contribution in [1.29, 1.82) is 0 Å². The summed E-state index contributed by atoms with van der Waals surface area (Å²) in [6, 6.07) is 9.08. The summed E-state index contributed by atoms with van der Waals surface area (Å²) in [6.45, 7) is 1.14. The molecule has 1 heterocycles. The second kappa shape index (κ2) is 5.09. The summed E-state index contributed by atoms with van der Waals surface area (Å²) in [4.78, 5) is 12.8.